The second-order valence-corrected chi connectivity index (χ2v) is 3.95. The molecule has 0 aromatic carbocycles. The van der Waals surface area contributed by atoms with Gasteiger partial charge in [0.2, 0.25) is 5.91 Å². The molecule has 0 aliphatic carbocycles. The van der Waals surface area contributed by atoms with Gasteiger partial charge in [-0.05, 0) is 12.8 Å². The van der Waals surface area contributed by atoms with Crippen molar-refractivity contribution in [3.63, 3.8) is 0 Å². The van der Waals surface area contributed by atoms with Gasteiger partial charge >= 0.3 is 5.97 Å². The van der Waals surface area contributed by atoms with Crippen molar-refractivity contribution in [1.82, 2.24) is 5.32 Å². The Hall–Kier alpha value is -1.57. The largest absolute Gasteiger partial charge is 0.468 e. The van der Waals surface area contributed by atoms with Crippen LogP contribution in [-0.4, -0.2) is 25.5 Å². The van der Waals surface area contributed by atoms with Crippen LogP contribution in [0.2, 0.25) is 0 Å². The third kappa shape index (κ3) is 4.43. The summed E-state index contributed by atoms with van der Waals surface area (Å²) in [5.41, 5.74) is -1.02. The van der Waals surface area contributed by atoms with Gasteiger partial charge in [-0.2, -0.15) is 5.26 Å². The molecule has 5 nitrogen and oxygen atoms in total. The summed E-state index contributed by atoms with van der Waals surface area (Å²) in [7, 11) is 1.25. The number of nitrogens with one attached hydrogen (secondary N) is 1. The van der Waals surface area contributed by atoms with E-state index in [2.05, 4.69) is 16.1 Å². The number of esters is 1. The van der Waals surface area contributed by atoms with E-state index in [9.17, 15) is 14.9 Å². The maximum atomic E-state index is 12.0. The van der Waals surface area contributed by atoms with Crippen molar-refractivity contribution in [2.75, 3.05) is 13.7 Å². The quantitative estimate of drug-likeness (QED) is 0.682. The summed E-state index contributed by atoms with van der Waals surface area (Å²) in [5, 5.41) is 11.7. The van der Waals surface area contributed by atoms with Gasteiger partial charge in [0.05, 0.1) is 13.2 Å². The molecule has 0 saturated carbocycles. The molecule has 1 N–H and O–H groups in total. The fourth-order valence-corrected chi connectivity index (χ4v) is 1.76. The van der Waals surface area contributed by atoms with Crippen LogP contribution < -0.4 is 5.32 Å². The van der Waals surface area contributed by atoms with E-state index >= 15 is 0 Å². The summed E-state index contributed by atoms with van der Waals surface area (Å²) in [5.74, 6) is -0.896. The average Bonchev–Trinajstić information content (AvgIpc) is 2.34. The van der Waals surface area contributed by atoms with Crippen LogP contribution >= 0.6 is 0 Å². The highest BCUT2D eigenvalue weighted by Gasteiger charge is 2.36. The normalized spacial score (nSPS) is 10.5. The van der Waals surface area contributed by atoms with Crippen molar-refractivity contribution < 1.29 is 14.3 Å². The minimum atomic E-state index is -1.02. The first-order valence-corrected chi connectivity index (χ1v) is 5.82. The summed E-state index contributed by atoms with van der Waals surface area (Å²) in [4.78, 5) is 22.9. The Kier molecular flexibility index (Phi) is 6.95. The predicted octanol–water partition coefficient (Wildman–Crippen LogP) is 1.39. The smallest absolute Gasteiger partial charge is 0.325 e. The molecule has 0 unspecified atom stereocenters. The number of amides is 1. The van der Waals surface area contributed by atoms with Crippen molar-refractivity contribution in [1.29, 1.82) is 5.26 Å². The topological polar surface area (TPSA) is 79.2 Å². The lowest BCUT2D eigenvalue weighted by molar-refractivity contribution is -0.142. The van der Waals surface area contributed by atoms with Gasteiger partial charge in [-0.15, -0.1) is 0 Å². The number of ether oxygens (including phenoxy) is 1. The van der Waals surface area contributed by atoms with Crippen LogP contribution in [0.1, 0.15) is 39.5 Å². The molecule has 0 radical (unpaired) electrons. The zero-order chi connectivity index (χ0) is 13.3. The monoisotopic (exact) mass is 240 g/mol. The van der Waals surface area contributed by atoms with Gasteiger partial charge in [-0.3, -0.25) is 9.59 Å². The lowest BCUT2D eigenvalue weighted by atomic mass is 9.80. The van der Waals surface area contributed by atoms with E-state index < -0.39 is 11.4 Å². The van der Waals surface area contributed by atoms with Crippen LogP contribution in [-0.2, 0) is 14.3 Å². The van der Waals surface area contributed by atoms with E-state index in [0.717, 1.165) is 12.8 Å². The first-order valence-electron chi connectivity index (χ1n) is 5.82. The van der Waals surface area contributed by atoms with Crippen LogP contribution in [0.25, 0.3) is 0 Å². The molecular formula is C12H20N2O3. The summed E-state index contributed by atoms with van der Waals surface area (Å²) in [6, 6.07) is 2.09. The maximum Gasteiger partial charge on any atom is 0.325 e. The van der Waals surface area contributed by atoms with Gasteiger partial charge in [0, 0.05) is 0 Å². The Labute approximate surface area is 102 Å². The lowest BCUT2D eigenvalue weighted by Gasteiger charge is -2.24. The van der Waals surface area contributed by atoms with Crippen molar-refractivity contribution >= 4 is 11.9 Å². The molecule has 1 amide bonds. The van der Waals surface area contributed by atoms with Crippen molar-refractivity contribution in [2.24, 2.45) is 5.41 Å². The van der Waals surface area contributed by atoms with Gasteiger partial charge < -0.3 is 10.1 Å². The minimum Gasteiger partial charge on any atom is -0.468 e. The molecule has 0 atom stereocenters. The van der Waals surface area contributed by atoms with Gasteiger partial charge in [0.1, 0.15) is 12.0 Å². The third-order valence-electron chi connectivity index (χ3n) is 2.62. The zero-order valence-corrected chi connectivity index (χ0v) is 10.7. The van der Waals surface area contributed by atoms with E-state index in [1.165, 1.54) is 7.11 Å². The highest BCUT2D eigenvalue weighted by Crippen LogP contribution is 2.29. The fraction of sp³-hybridized carbons (Fsp3) is 0.750. The SMILES string of the molecule is CCCC(C#N)(CCC)C(=O)NCC(=O)OC. The Morgan fingerprint density at radius 2 is 1.82 bits per heavy atom. The second-order valence-electron chi connectivity index (χ2n) is 3.95. The van der Waals surface area contributed by atoms with Crippen LogP contribution in [0.3, 0.4) is 0 Å². The summed E-state index contributed by atoms with van der Waals surface area (Å²) >= 11 is 0. The summed E-state index contributed by atoms with van der Waals surface area (Å²) < 4.78 is 4.43. The van der Waals surface area contributed by atoms with E-state index in [1.807, 2.05) is 13.8 Å². The first kappa shape index (κ1) is 15.4. The minimum absolute atomic E-state index is 0.188. The van der Waals surface area contributed by atoms with Crippen molar-refractivity contribution in [3.8, 4) is 6.07 Å². The Bertz CT molecular complexity index is 301. The number of nitrogens with zero attached hydrogens (tertiary/aromatic N) is 1. The molecule has 96 valence electrons. The van der Waals surface area contributed by atoms with E-state index in [4.69, 9.17) is 0 Å². The Morgan fingerprint density at radius 3 is 2.18 bits per heavy atom. The number of nitriles is 1. The Balaban J connectivity index is 4.63. The predicted molar refractivity (Wildman–Crippen MR) is 62.9 cm³/mol. The molecule has 5 heteroatoms. The molecule has 0 heterocycles. The van der Waals surface area contributed by atoms with Crippen LogP contribution in [0.5, 0.6) is 0 Å². The molecule has 0 aliphatic rings. The molecule has 0 aromatic rings. The van der Waals surface area contributed by atoms with Gasteiger partial charge in [-0.1, -0.05) is 26.7 Å². The number of carbonyl (C=O) groups is 2. The van der Waals surface area contributed by atoms with Crippen molar-refractivity contribution in [3.05, 3.63) is 0 Å². The zero-order valence-electron chi connectivity index (χ0n) is 10.7. The maximum absolute atomic E-state index is 12.0. The first-order chi connectivity index (χ1) is 8.06. The molecule has 0 bridgehead atoms. The highest BCUT2D eigenvalue weighted by molar-refractivity contribution is 5.88. The Morgan fingerprint density at radius 1 is 1.29 bits per heavy atom. The number of hydrogen-bond acceptors (Lipinski definition) is 4. The second kappa shape index (κ2) is 7.66. The molecule has 0 saturated heterocycles. The van der Waals surface area contributed by atoms with Crippen LogP contribution in [0.15, 0.2) is 0 Å². The summed E-state index contributed by atoms with van der Waals surface area (Å²) in [6.07, 6.45) is 2.51. The lowest BCUT2D eigenvalue weighted by Crippen LogP contribution is -2.42. The fourth-order valence-electron chi connectivity index (χ4n) is 1.76. The van der Waals surface area contributed by atoms with Gasteiger partial charge in [-0.25, -0.2) is 0 Å². The molecule has 17 heavy (non-hydrogen) atoms. The number of methoxy groups -OCH3 is 1. The number of rotatable bonds is 7. The van der Waals surface area contributed by atoms with Crippen LogP contribution in [0, 0.1) is 16.7 Å². The summed E-state index contributed by atoms with van der Waals surface area (Å²) in [6.45, 7) is 3.66. The number of hydrogen-bond donors (Lipinski definition) is 1. The average molecular weight is 240 g/mol. The molecule has 0 rings (SSSR count). The molecular weight excluding hydrogens is 220 g/mol. The third-order valence-corrected chi connectivity index (χ3v) is 2.62. The highest BCUT2D eigenvalue weighted by atomic mass is 16.5. The van der Waals surface area contributed by atoms with Gasteiger partial charge in [0.25, 0.3) is 0 Å². The molecule has 0 aromatic heterocycles. The van der Waals surface area contributed by atoms with Gasteiger partial charge in [0.15, 0.2) is 0 Å². The molecule has 0 fully saturated rings. The molecule has 0 aliphatic heterocycles. The number of carbonyl (C=O) groups excluding carboxylic acids is 2. The van der Waals surface area contributed by atoms with Crippen LogP contribution in [0.4, 0.5) is 0 Å². The van der Waals surface area contributed by atoms with E-state index in [-0.39, 0.29) is 12.5 Å². The standard InChI is InChI=1S/C12H20N2O3/c1-4-6-12(9-13,7-5-2)11(16)14-8-10(15)17-3/h4-8H2,1-3H3,(H,14,16). The van der Waals surface area contributed by atoms with E-state index in [1.54, 1.807) is 0 Å². The van der Waals surface area contributed by atoms with Crippen molar-refractivity contribution in [2.45, 2.75) is 39.5 Å². The molecule has 0 spiro atoms. The van der Waals surface area contributed by atoms with E-state index in [0.29, 0.717) is 12.8 Å².